The van der Waals surface area contributed by atoms with Gasteiger partial charge in [-0.25, -0.2) is 0 Å². The van der Waals surface area contributed by atoms with Crippen LogP contribution in [0, 0.1) is 0 Å². The first-order valence-corrected chi connectivity index (χ1v) is 5.55. The predicted molar refractivity (Wildman–Crippen MR) is 58.2 cm³/mol. The second-order valence-electron chi connectivity index (χ2n) is 2.91. The topological polar surface area (TPSA) is 40.5 Å². The molecule has 0 aromatic heterocycles. The van der Waals surface area contributed by atoms with Crippen LogP contribution in [0.15, 0.2) is 0 Å². The smallest absolute Gasteiger partial charge is 0.0549 e. The quantitative estimate of drug-likeness (QED) is 0.476. The molecule has 0 fully saturated rings. The van der Waals surface area contributed by atoms with Gasteiger partial charge in [0.1, 0.15) is 0 Å². The summed E-state index contributed by atoms with van der Waals surface area (Å²) >= 11 is 8.02. The highest BCUT2D eigenvalue weighted by atomic mass is 32.1. The fourth-order valence-corrected chi connectivity index (χ4v) is 1.57. The van der Waals surface area contributed by atoms with Crippen molar-refractivity contribution in [2.24, 2.45) is 0 Å². The van der Waals surface area contributed by atoms with Crippen LogP contribution in [0.4, 0.5) is 0 Å². The van der Waals surface area contributed by atoms with Crippen molar-refractivity contribution in [3.8, 4) is 0 Å². The lowest BCUT2D eigenvalue weighted by molar-refractivity contribution is 0.111. The van der Waals surface area contributed by atoms with E-state index in [-0.39, 0.29) is 12.2 Å². The number of hydrogen-bond acceptors (Lipinski definition) is 4. The van der Waals surface area contributed by atoms with E-state index in [0.29, 0.717) is 37.2 Å². The van der Waals surface area contributed by atoms with Gasteiger partial charge in [0.05, 0.1) is 12.2 Å². The van der Waals surface area contributed by atoms with Crippen LogP contribution < -0.4 is 0 Å². The van der Waals surface area contributed by atoms with Gasteiger partial charge in [0.25, 0.3) is 0 Å². The Morgan fingerprint density at radius 2 is 1.08 bits per heavy atom. The molecule has 4 heteroatoms. The van der Waals surface area contributed by atoms with Crippen LogP contribution in [0.25, 0.3) is 0 Å². The first kappa shape index (κ1) is 12.6. The number of rotatable bonds is 7. The van der Waals surface area contributed by atoms with Gasteiger partial charge in [-0.2, -0.15) is 25.3 Å². The van der Waals surface area contributed by atoms with Gasteiger partial charge in [-0.05, 0) is 37.2 Å². The fraction of sp³-hybridized carbons (Fsp3) is 1.00. The molecule has 2 nitrogen and oxygen atoms in total. The Kier molecular flexibility index (Phi) is 8.65. The summed E-state index contributed by atoms with van der Waals surface area (Å²) in [7, 11) is 0. The highest BCUT2D eigenvalue weighted by Crippen LogP contribution is 2.08. The molecule has 0 aromatic carbocycles. The molecule has 0 saturated heterocycles. The molecule has 0 rings (SSSR count). The monoisotopic (exact) mass is 210 g/mol. The predicted octanol–water partition coefficient (Wildman–Crippen LogP) is 1.13. The average molecular weight is 210 g/mol. The molecular formula is C8H18O2S2. The van der Waals surface area contributed by atoms with Crippen molar-refractivity contribution in [3.63, 3.8) is 0 Å². The standard InChI is InChI=1S/C8H18O2S2/c9-7(3-5-11)1-2-8(10)4-6-12/h7-12H,1-6H2. The molecule has 0 spiro atoms. The normalized spacial score (nSPS) is 16.0. The summed E-state index contributed by atoms with van der Waals surface area (Å²) in [5.74, 6) is 1.40. The van der Waals surface area contributed by atoms with E-state index in [0.717, 1.165) is 0 Å². The molecule has 74 valence electrons. The van der Waals surface area contributed by atoms with Crippen LogP contribution in [-0.2, 0) is 0 Å². The van der Waals surface area contributed by atoms with Crippen molar-refractivity contribution < 1.29 is 10.2 Å². The Morgan fingerprint density at radius 1 is 0.750 bits per heavy atom. The summed E-state index contributed by atoms with van der Waals surface area (Å²) < 4.78 is 0. The second kappa shape index (κ2) is 8.23. The van der Waals surface area contributed by atoms with Crippen molar-refractivity contribution in [2.75, 3.05) is 11.5 Å². The van der Waals surface area contributed by atoms with Gasteiger partial charge < -0.3 is 10.2 Å². The van der Waals surface area contributed by atoms with E-state index >= 15 is 0 Å². The largest absolute Gasteiger partial charge is 0.393 e. The molecule has 2 unspecified atom stereocenters. The minimum Gasteiger partial charge on any atom is -0.393 e. The highest BCUT2D eigenvalue weighted by molar-refractivity contribution is 7.80. The van der Waals surface area contributed by atoms with Crippen LogP contribution in [0.2, 0.25) is 0 Å². The molecule has 2 atom stereocenters. The molecule has 12 heavy (non-hydrogen) atoms. The van der Waals surface area contributed by atoms with E-state index in [1.807, 2.05) is 0 Å². The first-order valence-electron chi connectivity index (χ1n) is 4.28. The number of hydrogen-bond donors (Lipinski definition) is 4. The van der Waals surface area contributed by atoms with Gasteiger partial charge in [0, 0.05) is 0 Å². The third kappa shape index (κ3) is 7.28. The lowest BCUT2D eigenvalue weighted by Gasteiger charge is -2.12. The van der Waals surface area contributed by atoms with Gasteiger partial charge >= 0.3 is 0 Å². The number of thiol groups is 2. The lowest BCUT2D eigenvalue weighted by atomic mass is 10.1. The van der Waals surface area contributed by atoms with Crippen molar-refractivity contribution >= 4 is 25.3 Å². The SMILES string of the molecule is OC(CCS)CCC(O)CCS. The first-order chi connectivity index (χ1) is 5.70. The Morgan fingerprint density at radius 3 is 1.33 bits per heavy atom. The van der Waals surface area contributed by atoms with Crippen molar-refractivity contribution in [2.45, 2.75) is 37.9 Å². The second-order valence-corrected chi connectivity index (χ2v) is 3.80. The van der Waals surface area contributed by atoms with Crippen molar-refractivity contribution in [1.29, 1.82) is 0 Å². The summed E-state index contributed by atoms with van der Waals surface area (Å²) in [4.78, 5) is 0. The highest BCUT2D eigenvalue weighted by Gasteiger charge is 2.07. The van der Waals surface area contributed by atoms with Crippen molar-refractivity contribution in [1.82, 2.24) is 0 Å². The van der Waals surface area contributed by atoms with Crippen LogP contribution in [0.3, 0.4) is 0 Å². The zero-order valence-electron chi connectivity index (χ0n) is 7.19. The zero-order valence-corrected chi connectivity index (χ0v) is 8.98. The van der Waals surface area contributed by atoms with Gasteiger partial charge in [-0.3, -0.25) is 0 Å². The molecule has 0 heterocycles. The minimum absolute atomic E-state index is 0.308. The molecular weight excluding hydrogens is 192 g/mol. The number of aliphatic hydroxyl groups is 2. The summed E-state index contributed by atoms with van der Waals surface area (Å²) in [5, 5.41) is 18.6. The summed E-state index contributed by atoms with van der Waals surface area (Å²) in [6.45, 7) is 0. The van der Waals surface area contributed by atoms with Crippen LogP contribution >= 0.6 is 25.3 Å². The molecule has 0 aliphatic heterocycles. The lowest BCUT2D eigenvalue weighted by Crippen LogP contribution is -2.13. The zero-order chi connectivity index (χ0) is 9.40. The van der Waals surface area contributed by atoms with E-state index < -0.39 is 0 Å². The fourth-order valence-electron chi connectivity index (χ4n) is 0.971. The van der Waals surface area contributed by atoms with Crippen molar-refractivity contribution in [3.05, 3.63) is 0 Å². The van der Waals surface area contributed by atoms with Gasteiger partial charge in [0.15, 0.2) is 0 Å². The molecule has 2 N–H and O–H groups in total. The summed E-state index contributed by atoms with van der Waals surface area (Å²) in [6, 6.07) is 0. The Labute approximate surface area is 85.2 Å². The summed E-state index contributed by atoms with van der Waals surface area (Å²) in [5.41, 5.74) is 0. The van der Waals surface area contributed by atoms with Crippen LogP contribution in [0.1, 0.15) is 25.7 Å². The Balaban J connectivity index is 3.27. The van der Waals surface area contributed by atoms with Gasteiger partial charge in [0.2, 0.25) is 0 Å². The third-order valence-corrected chi connectivity index (χ3v) is 2.27. The van der Waals surface area contributed by atoms with Crippen LogP contribution in [-0.4, -0.2) is 33.9 Å². The van der Waals surface area contributed by atoms with E-state index in [9.17, 15) is 10.2 Å². The van der Waals surface area contributed by atoms with E-state index in [2.05, 4.69) is 25.3 Å². The summed E-state index contributed by atoms with van der Waals surface area (Å²) in [6.07, 6.45) is 2.12. The van der Waals surface area contributed by atoms with E-state index in [1.165, 1.54) is 0 Å². The Hall–Kier alpha value is 0.620. The molecule has 0 bridgehead atoms. The molecule has 0 aromatic rings. The average Bonchev–Trinajstić information content (AvgIpc) is 2.02. The number of aliphatic hydroxyl groups excluding tert-OH is 2. The molecule has 0 aliphatic rings. The molecule has 0 saturated carbocycles. The minimum atomic E-state index is -0.308. The molecule has 0 amide bonds. The molecule has 0 aliphatic carbocycles. The van der Waals surface area contributed by atoms with Gasteiger partial charge in [-0.15, -0.1) is 0 Å². The Bertz CT molecular complexity index is 89.1. The van der Waals surface area contributed by atoms with E-state index in [1.54, 1.807) is 0 Å². The van der Waals surface area contributed by atoms with Crippen LogP contribution in [0.5, 0.6) is 0 Å². The maximum atomic E-state index is 9.29. The van der Waals surface area contributed by atoms with Gasteiger partial charge in [-0.1, -0.05) is 0 Å². The third-order valence-electron chi connectivity index (χ3n) is 1.76. The molecule has 0 radical (unpaired) electrons. The van der Waals surface area contributed by atoms with E-state index in [4.69, 9.17) is 0 Å². The maximum Gasteiger partial charge on any atom is 0.0549 e. The maximum absolute atomic E-state index is 9.29.